The van der Waals surface area contributed by atoms with Gasteiger partial charge in [0, 0.05) is 24.5 Å². The predicted octanol–water partition coefficient (Wildman–Crippen LogP) is 2.60. The number of carboxylic acids is 1. The highest BCUT2D eigenvalue weighted by Gasteiger charge is 2.10. The van der Waals surface area contributed by atoms with E-state index >= 15 is 0 Å². The summed E-state index contributed by atoms with van der Waals surface area (Å²) in [5.74, 6) is -1.17. The maximum absolute atomic E-state index is 11.4. The topological polar surface area (TPSA) is 59.3 Å². The van der Waals surface area contributed by atoms with Crippen LogP contribution in [0.2, 0.25) is 0 Å². The highest BCUT2D eigenvalue weighted by molar-refractivity contribution is 5.87. The zero-order valence-electron chi connectivity index (χ0n) is 10.7. The molecule has 0 radical (unpaired) electrons. The number of unbranched alkanes of at least 4 members (excludes halogenated alkanes) is 3. The molecule has 0 fully saturated rings. The van der Waals surface area contributed by atoms with Crippen molar-refractivity contribution in [2.75, 3.05) is 0 Å². The summed E-state index contributed by atoms with van der Waals surface area (Å²) in [5.41, 5.74) is 0.211. The van der Waals surface area contributed by atoms with E-state index in [9.17, 15) is 9.59 Å². The fraction of sp³-hybridized carbons (Fsp3) is 0.429. The molecule has 0 spiro atoms. The van der Waals surface area contributed by atoms with Crippen molar-refractivity contribution in [3.8, 4) is 0 Å². The van der Waals surface area contributed by atoms with Gasteiger partial charge in [-0.05, 0) is 26.2 Å². The second-order valence-electron chi connectivity index (χ2n) is 4.33. The van der Waals surface area contributed by atoms with Crippen molar-refractivity contribution in [1.82, 2.24) is 4.57 Å². The van der Waals surface area contributed by atoms with Crippen molar-refractivity contribution in [3.63, 3.8) is 0 Å². The first kappa shape index (κ1) is 14.2. The molecule has 1 aromatic heterocycles. The van der Waals surface area contributed by atoms with Gasteiger partial charge >= 0.3 is 5.97 Å². The van der Waals surface area contributed by atoms with E-state index in [1.807, 2.05) is 17.6 Å². The third-order valence-corrected chi connectivity index (χ3v) is 2.88. The molecule has 0 amide bonds. The third kappa shape index (κ3) is 3.87. The Morgan fingerprint density at radius 2 is 2.17 bits per heavy atom. The summed E-state index contributed by atoms with van der Waals surface area (Å²) in [6, 6.07) is 1.38. The monoisotopic (exact) mass is 249 g/mol. The highest BCUT2D eigenvalue weighted by Crippen LogP contribution is 2.06. The maximum atomic E-state index is 11.4. The summed E-state index contributed by atoms with van der Waals surface area (Å²) >= 11 is 0. The van der Waals surface area contributed by atoms with Crippen molar-refractivity contribution in [2.45, 2.75) is 39.2 Å². The predicted molar refractivity (Wildman–Crippen MR) is 71.1 cm³/mol. The largest absolute Gasteiger partial charge is 0.477 e. The van der Waals surface area contributed by atoms with Crippen molar-refractivity contribution in [1.29, 1.82) is 0 Å². The number of rotatable bonds is 7. The quantitative estimate of drug-likeness (QED) is 0.597. The number of carbonyl (C=O) groups is 1. The molecule has 1 aromatic rings. The van der Waals surface area contributed by atoms with Gasteiger partial charge in [0.05, 0.1) is 0 Å². The van der Waals surface area contributed by atoms with Crippen LogP contribution in [0.5, 0.6) is 0 Å². The van der Waals surface area contributed by atoms with Crippen molar-refractivity contribution < 1.29 is 9.90 Å². The number of nitrogens with zero attached hydrogens (tertiary/aromatic N) is 1. The molecule has 0 aliphatic rings. The van der Waals surface area contributed by atoms with E-state index in [2.05, 4.69) is 6.58 Å². The average molecular weight is 249 g/mol. The summed E-state index contributed by atoms with van der Waals surface area (Å²) in [5, 5.41) is 8.90. The van der Waals surface area contributed by atoms with Gasteiger partial charge in [-0.25, -0.2) is 4.79 Å². The number of carboxylic acid groups (broad SMARTS) is 1. The number of aromatic nitrogens is 1. The molecule has 0 atom stereocenters. The summed E-state index contributed by atoms with van der Waals surface area (Å²) in [7, 11) is 0. The molecule has 4 nitrogen and oxygen atoms in total. The number of aromatic carboxylic acids is 1. The maximum Gasteiger partial charge on any atom is 0.341 e. The Labute approximate surface area is 107 Å². The summed E-state index contributed by atoms with van der Waals surface area (Å²) in [4.78, 5) is 22.3. The molecular weight excluding hydrogens is 230 g/mol. The lowest BCUT2D eigenvalue weighted by molar-refractivity contribution is 0.0694. The second kappa shape index (κ2) is 6.79. The zero-order valence-corrected chi connectivity index (χ0v) is 10.7. The van der Waals surface area contributed by atoms with Gasteiger partial charge in [-0.3, -0.25) is 4.79 Å². The Morgan fingerprint density at radius 1 is 1.44 bits per heavy atom. The SMILES string of the molecule is C=CCCCCCn1cc(C(=O)O)c(=O)cc1C. The van der Waals surface area contributed by atoms with Crippen LogP contribution in [0, 0.1) is 6.92 Å². The first-order chi connectivity index (χ1) is 8.56. The lowest BCUT2D eigenvalue weighted by Crippen LogP contribution is -2.19. The average Bonchev–Trinajstić information content (AvgIpc) is 2.30. The minimum absolute atomic E-state index is 0.160. The summed E-state index contributed by atoms with van der Waals surface area (Å²) < 4.78 is 1.83. The Morgan fingerprint density at radius 3 is 2.78 bits per heavy atom. The molecule has 1 N–H and O–H groups in total. The molecule has 4 heteroatoms. The van der Waals surface area contributed by atoms with Crippen LogP contribution in [-0.4, -0.2) is 15.6 Å². The third-order valence-electron chi connectivity index (χ3n) is 2.88. The van der Waals surface area contributed by atoms with Crippen LogP contribution in [-0.2, 0) is 6.54 Å². The van der Waals surface area contributed by atoms with E-state index in [0.717, 1.165) is 37.9 Å². The van der Waals surface area contributed by atoms with E-state index in [-0.39, 0.29) is 5.56 Å². The van der Waals surface area contributed by atoms with Gasteiger partial charge in [-0.1, -0.05) is 12.5 Å². The van der Waals surface area contributed by atoms with Gasteiger partial charge in [-0.15, -0.1) is 6.58 Å². The molecule has 1 heterocycles. The minimum Gasteiger partial charge on any atom is -0.477 e. The van der Waals surface area contributed by atoms with E-state index in [1.165, 1.54) is 12.3 Å². The first-order valence-electron chi connectivity index (χ1n) is 6.11. The van der Waals surface area contributed by atoms with Gasteiger partial charge in [0.25, 0.3) is 0 Å². The van der Waals surface area contributed by atoms with Crippen molar-refractivity contribution in [3.05, 3.63) is 46.4 Å². The van der Waals surface area contributed by atoms with E-state index in [0.29, 0.717) is 0 Å². The molecular formula is C14H19NO3. The fourth-order valence-electron chi connectivity index (χ4n) is 1.82. The van der Waals surface area contributed by atoms with Crippen LogP contribution in [0.1, 0.15) is 41.7 Å². The normalized spacial score (nSPS) is 10.3. The van der Waals surface area contributed by atoms with Crippen LogP contribution < -0.4 is 5.43 Å². The number of hydrogen-bond donors (Lipinski definition) is 1. The number of allylic oxidation sites excluding steroid dienone is 1. The highest BCUT2D eigenvalue weighted by atomic mass is 16.4. The minimum atomic E-state index is -1.17. The van der Waals surface area contributed by atoms with Crippen molar-refractivity contribution >= 4 is 5.97 Å². The molecule has 98 valence electrons. The Hall–Kier alpha value is -1.84. The van der Waals surface area contributed by atoms with Crippen LogP contribution in [0.4, 0.5) is 0 Å². The van der Waals surface area contributed by atoms with Gasteiger partial charge in [-0.2, -0.15) is 0 Å². The number of hydrogen-bond acceptors (Lipinski definition) is 2. The van der Waals surface area contributed by atoms with Crippen LogP contribution in [0.25, 0.3) is 0 Å². The summed E-state index contributed by atoms with van der Waals surface area (Å²) in [6.07, 6.45) is 7.47. The zero-order chi connectivity index (χ0) is 13.5. The van der Waals surface area contributed by atoms with Crippen LogP contribution >= 0.6 is 0 Å². The van der Waals surface area contributed by atoms with Crippen LogP contribution in [0.3, 0.4) is 0 Å². The molecule has 18 heavy (non-hydrogen) atoms. The lowest BCUT2D eigenvalue weighted by Gasteiger charge is -2.11. The van der Waals surface area contributed by atoms with E-state index in [1.54, 1.807) is 0 Å². The smallest absolute Gasteiger partial charge is 0.341 e. The fourth-order valence-corrected chi connectivity index (χ4v) is 1.82. The molecule has 0 saturated carbocycles. The van der Waals surface area contributed by atoms with E-state index in [4.69, 9.17) is 5.11 Å². The van der Waals surface area contributed by atoms with Gasteiger partial charge in [0.1, 0.15) is 5.56 Å². The Balaban J connectivity index is 2.70. The molecule has 0 aliphatic heterocycles. The van der Waals surface area contributed by atoms with E-state index < -0.39 is 11.4 Å². The standard InChI is InChI=1S/C14H19NO3/c1-3-4-5-6-7-8-15-10-12(14(17)18)13(16)9-11(15)2/h3,9-10H,1,4-8H2,2H3,(H,17,18). The molecule has 1 rings (SSSR count). The summed E-state index contributed by atoms with van der Waals surface area (Å²) in [6.45, 7) is 6.22. The molecule has 0 unspecified atom stereocenters. The lowest BCUT2D eigenvalue weighted by atomic mass is 10.2. The molecule has 0 saturated heterocycles. The molecule has 0 bridgehead atoms. The van der Waals surface area contributed by atoms with Crippen molar-refractivity contribution in [2.24, 2.45) is 0 Å². The van der Waals surface area contributed by atoms with Gasteiger partial charge in [0.2, 0.25) is 0 Å². The second-order valence-corrected chi connectivity index (χ2v) is 4.33. The Bertz CT molecular complexity index is 488. The van der Waals surface area contributed by atoms with Gasteiger partial charge in [0.15, 0.2) is 5.43 Å². The molecule has 0 aliphatic carbocycles. The first-order valence-corrected chi connectivity index (χ1v) is 6.11. The number of pyridine rings is 1. The van der Waals surface area contributed by atoms with Crippen LogP contribution in [0.15, 0.2) is 29.7 Å². The Kier molecular flexibility index (Phi) is 5.36. The molecule has 0 aromatic carbocycles. The number of aryl methyl sites for hydroxylation is 2. The van der Waals surface area contributed by atoms with Gasteiger partial charge < -0.3 is 9.67 Å².